The van der Waals surface area contributed by atoms with Crippen LogP contribution in [0.3, 0.4) is 0 Å². The molecule has 0 aliphatic carbocycles. The van der Waals surface area contributed by atoms with Crippen LogP contribution in [0.5, 0.6) is 0 Å². The minimum atomic E-state index is -3.45. The van der Waals surface area contributed by atoms with Crippen molar-refractivity contribution in [1.82, 2.24) is 0 Å². The van der Waals surface area contributed by atoms with E-state index in [9.17, 15) is 18.0 Å². The van der Waals surface area contributed by atoms with E-state index >= 15 is 0 Å². The Labute approximate surface area is 208 Å². The number of halogens is 1. The maximum atomic E-state index is 13.0. The van der Waals surface area contributed by atoms with Crippen molar-refractivity contribution in [2.45, 2.75) is 13.8 Å². The minimum Gasteiger partial charge on any atom is -0.359 e. The molecule has 1 fully saturated rings. The lowest BCUT2D eigenvalue weighted by Gasteiger charge is -2.28. The monoisotopic (exact) mass is 513 g/mol. The molecule has 0 spiro atoms. The summed E-state index contributed by atoms with van der Waals surface area (Å²) in [6, 6.07) is 16.6. The van der Waals surface area contributed by atoms with Crippen LogP contribution in [0.25, 0.3) is 0 Å². The fraction of sp³-hybridized carbons (Fsp3) is 0.200. The van der Waals surface area contributed by atoms with E-state index < -0.39 is 10.0 Å². The first-order valence-electron chi connectivity index (χ1n) is 10.8. The number of amides is 2. The number of anilines is 3. The summed E-state index contributed by atoms with van der Waals surface area (Å²) in [4.78, 5) is 25.6. The van der Waals surface area contributed by atoms with Gasteiger partial charge >= 0.3 is 0 Å². The second-order valence-electron chi connectivity index (χ2n) is 8.15. The Morgan fingerprint density at radius 2 is 1.74 bits per heavy atom. The summed E-state index contributed by atoms with van der Waals surface area (Å²) < 4.78 is 31.1. The molecule has 0 radical (unpaired) electrons. The van der Waals surface area contributed by atoms with Gasteiger partial charge in [-0.3, -0.25) is 9.59 Å². The maximum Gasteiger partial charge on any atom is 0.255 e. The Hall–Kier alpha value is -3.40. The van der Waals surface area contributed by atoms with Crippen LogP contribution in [0.15, 0.2) is 60.7 Å². The molecule has 8 nitrogen and oxygen atoms in total. The Balaban J connectivity index is 1.50. The topological polar surface area (TPSA) is 105 Å². The highest BCUT2D eigenvalue weighted by Gasteiger charge is 2.27. The van der Waals surface area contributed by atoms with E-state index in [2.05, 4.69) is 10.6 Å². The highest BCUT2D eigenvalue weighted by atomic mass is 35.5. The van der Waals surface area contributed by atoms with Gasteiger partial charge in [0.15, 0.2) is 0 Å². The molecule has 1 aliphatic rings. The molecule has 0 saturated carbocycles. The number of benzene rings is 3. The third kappa shape index (κ3) is 5.64. The lowest BCUT2D eigenvalue weighted by atomic mass is 10.1. The summed E-state index contributed by atoms with van der Waals surface area (Å²) in [5, 5.41) is 6.14. The molecule has 0 aromatic heterocycles. The average Bonchev–Trinajstić information content (AvgIpc) is 2.80. The Bertz CT molecular complexity index is 1410. The first kappa shape index (κ1) is 24.7. The van der Waals surface area contributed by atoms with Gasteiger partial charge in [-0.05, 0) is 73.5 Å². The van der Waals surface area contributed by atoms with Gasteiger partial charge in [0.2, 0.25) is 10.0 Å². The number of sulfonamides is 1. The number of nitrogens with zero attached hydrogens (tertiary/aromatic N) is 1. The van der Waals surface area contributed by atoms with Gasteiger partial charge in [-0.1, -0.05) is 23.7 Å². The number of hydrogen-bond donors (Lipinski definition) is 2. The van der Waals surface area contributed by atoms with Crippen LogP contribution in [-0.2, 0) is 14.8 Å². The molecule has 2 N–H and O–H groups in total. The first-order chi connectivity index (χ1) is 16.6. The van der Waals surface area contributed by atoms with Crippen LogP contribution in [0.2, 0.25) is 5.02 Å². The molecule has 0 unspecified atom stereocenters. The minimum absolute atomic E-state index is 0.0552. The molecule has 182 valence electrons. The van der Waals surface area contributed by atoms with Crippen LogP contribution in [0, 0.1) is 13.8 Å². The SMILES string of the molecule is Cc1ccc(NC(=O)c2ccc(N3COCCS3(=O)=O)cc2C)cc1NC(=O)c1cccc(Cl)c1. The largest absolute Gasteiger partial charge is 0.359 e. The molecule has 0 atom stereocenters. The number of carbonyl (C=O) groups excluding carboxylic acids is 2. The zero-order valence-electron chi connectivity index (χ0n) is 19.2. The molecule has 1 heterocycles. The second kappa shape index (κ2) is 10.1. The van der Waals surface area contributed by atoms with Crippen molar-refractivity contribution >= 4 is 50.5 Å². The van der Waals surface area contributed by atoms with Crippen molar-refractivity contribution in [3.8, 4) is 0 Å². The Morgan fingerprint density at radius 1 is 0.943 bits per heavy atom. The van der Waals surface area contributed by atoms with E-state index in [-0.39, 0.29) is 30.9 Å². The van der Waals surface area contributed by atoms with E-state index in [1.54, 1.807) is 67.6 Å². The molecular weight excluding hydrogens is 490 g/mol. The predicted octanol–water partition coefficient (Wildman–Crippen LogP) is 4.59. The third-order valence-corrected chi connectivity index (χ3v) is 7.51. The maximum absolute atomic E-state index is 13.0. The first-order valence-corrected chi connectivity index (χ1v) is 12.8. The number of carbonyl (C=O) groups is 2. The average molecular weight is 514 g/mol. The zero-order chi connectivity index (χ0) is 25.2. The fourth-order valence-electron chi connectivity index (χ4n) is 3.65. The molecule has 1 saturated heterocycles. The number of nitrogens with one attached hydrogen (secondary N) is 2. The van der Waals surface area contributed by atoms with E-state index in [1.165, 1.54) is 4.31 Å². The van der Waals surface area contributed by atoms with Gasteiger partial charge in [0.05, 0.1) is 18.0 Å². The highest BCUT2D eigenvalue weighted by Crippen LogP contribution is 2.26. The van der Waals surface area contributed by atoms with Crippen LogP contribution >= 0.6 is 11.6 Å². The van der Waals surface area contributed by atoms with Gasteiger partial charge in [0.1, 0.15) is 6.73 Å². The van der Waals surface area contributed by atoms with Gasteiger partial charge in [-0.2, -0.15) is 0 Å². The molecule has 0 bridgehead atoms. The van der Waals surface area contributed by atoms with Gasteiger partial charge in [0.25, 0.3) is 11.8 Å². The van der Waals surface area contributed by atoms with E-state index in [1.807, 2.05) is 6.92 Å². The number of aryl methyl sites for hydroxylation is 2. The quantitative estimate of drug-likeness (QED) is 0.519. The predicted molar refractivity (Wildman–Crippen MR) is 137 cm³/mol. The fourth-order valence-corrected chi connectivity index (χ4v) is 5.06. The van der Waals surface area contributed by atoms with Crippen molar-refractivity contribution < 1.29 is 22.7 Å². The molecule has 10 heteroatoms. The van der Waals surface area contributed by atoms with Crippen molar-refractivity contribution in [1.29, 1.82) is 0 Å². The third-order valence-electron chi connectivity index (χ3n) is 5.60. The standard InChI is InChI=1S/C25H24ClN3O5S/c1-16-6-7-20(14-23(16)28-24(30)18-4-3-5-19(26)13-18)27-25(31)22-9-8-21(12-17(22)2)29-15-34-10-11-35(29,32)33/h3-9,12-14H,10-11,15H2,1-2H3,(H,27,31)(H,28,30). The van der Waals surface area contributed by atoms with Crippen molar-refractivity contribution in [2.24, 2.45) is 0 Å². The van der Waals surface area contributed by atoms with Crippen LogP contribution in [0.4, 0.5) is 17.1 Å². The number of hydrogen-bond acceptors (Lipinski definition) is 5. The molecule has 2 amide bonds. The summed E-state index contributed by atoms with van der Waals surface area (Å²) in [6.45, 7) is 3.69. The van der Waals surface area contributed by atoms with Crippen molar-refractivity contribution in [3.63, 3.8) is 0 Å². The number of rotatable bonds is 5. The summed E-state index contributed by atoms with van der Waals surface area (Å²) >= 11 is 5.98. The summed E-state index contributed by atoms with van der Waals surface area (Å²) in [5.41, 5.74) is 3.75. The second-order valence-corrected chi connectivity index (χ2v) is 10.6. The van der Waals surface area contributed by atoms with Gasteiger partial charge in [-0.15, -0.1) is 0 Å². The lowest BCUT2D eigenvalue weighted by molar-refractivity contribution is 0.101. The zero-order valence-corrected chi connectivity index (χ0v) is 20.7. The molecule has 3 aromatic carbocycles. The van der Waals surface area contributed by atoms with E-state index in [4.69, 9.17) is 16.3 Å². The Morgan fingerprint density at radius 3 is 2.46 bits per heavy atom. The normalized spacial score (nSPS) is 14.9. The highest BCUT2D eigenvalue weighted by molar-refractivity contribution is 7.92. The summed E-state index contributed by atoms with van der Waals surface area (Å²) in [6.07, 6.45) is 0. The van der Waals surface area contributed by atoms with E-state index in [0.29, 0.717) is 38.8 Å². The van der Waals surface area contributed by atoms with Crippen LogP contribution < -0.4 is 14.9 Å². The van der Waals surface area contributed by atoms with Crippen molar-refractivity contribution in [2.75, 3.05) is 34.0 Å². The van der Waals surface area contributed by atoms with E-state index in [0.717, 1.165) is 5.56 Å². The lowest BCUT2D eigenvalue weighted by Crippen LogP contribution is -2.41. The molecule has 35 heavy (non-hydrogen) atoms. The van der Waals surface area contributed by atoms with Crippen LogP contribution in [-0.4, -0.2) is 39.3 Å². The summed E-state index contributed by atoms with van der Waals surface area (Å²) in [5.74, 6) is -0.761. The van der Waals surface area contributed by atoms with Crippen LogP contribution in [0.1, 0.15) is 31.8 Å². The van der Waals surface area contributed by atoms with Gasteiger partial charge < -0.3 is 15.4 Å². The van der Waals surface area contributed by atoms with Gasteiger partial charge in [0, 0.05) is 27.5 Å². The molecule has 1 aliphatic heterocycles. The summed E-state index contributed by atoms with van der Waals surface area (Å²) in [7, 11) is -3.45. The Kier molecular flexibility index (Phi) is 7.11. The smallest absolute Gasteiger partial charge is 0.255 e. The van der Waals surface area contributed by atoms with Gasteiger partial charge in [-0.25, -0.2) is 12.7 Å². The molecular formula is C25H24ClN3O5S. The van der Waals surface area contributed by atoms with Crippen molar-refractivity contribution in [3.05, 3.63) is 87.9 Å². The molecule has 4 rings (SSSR count). The molecule has 3 aromatic rings. The number of ether oxygens (including phenoxy) is 1.